The van der Waals surface area contributed by atoms with E-state index in [1.54, 1.807) is 0 Å². The molecule has 1 aliphatic carbocycles. The van der Waals surface area contributed by atoms with Crippen LogP contribution in [-0.2, 0) is 6.42 Å². The second-order valence-electron chi connectivity index (χ2n) is 6.22. The van der Waals surface area contributed by atoms with Gasteiger partial charge in [0.1, 0.15) is 23.4 Å². The van der Waals surface area contributed by atoms with Crippen molar-refractivity contribution in [2.75, 3.05) is 7.05 Å². The minimum absolute atomic E-state index is 0. The van der Waals surface area contributed by atoms with Crippen LogP contribution in [0.1, 0.15) is 17.2 Å². The van der Waals surface area contributed by atoms with Gasteiger partial charge in [0.15, 0.2) is 0 Å². The summed E-state index contributed by atoms with van der Waals surface area (Å²) < 4.78 is 12.1. The molecule has 0 fully saturated rings. The van der Waals surface area contributed by atoms with Gasteiger partial charge in [0, 0.05) is 0 Å². The molecule has 134 valence electrons. The van der Waals surface area contributed by atoms with Crippen LogP contribution >= 0.6 is 12.4 Å². The number of para-hydroxylation sites is 1. The van der Waals surface area contributed by atoms with Crippen molar-refractivity contribution in [2.24, 2.45) is 0 Å². The van der Waals surface area contributed by atoms with Crippen LogP contribution in [0.25, 0.3) is 0 Å². The third-order valence-electron chi connectivity index (χ3n) is 4.60. The molecule has 0 aliphatic heterocycles. The van der Waals surface area contributed by atoms with Crippen LogP contribution in [0.2, 0.25) is 0 Å². The molecule has 3 nitrogen and oxygen atoms in total. The van der Waals surface area contributed by atoms with Gasteiger partial charge in [0.2, 0.25) is 0 Å². The number of ether oxygens (including phenoxy) is 2. The van der Waals surface area contributed by atoms with E-state index in [9.17, 15) is 0 Å². The van der Waals surface area contributed by atoms with Crippen molar-refractivity contribution in [3.05, 3.63) is 90.0 Å². The third-order valence-corrected chi connectivity index (χ3v) is 4.60. The Morgan fingerprint density at radius 3 is 2.12 bits per heavy atom. The van der Waals surface area contributed by atoms with E-state index in [2.05, 4.69) is 29.6 Å². The molecular weight excluding hydrogens is 346 g/mol. The van der Waals surface area contributed by atoms with Crippen LogP contribution in [-0.4, -0.2) is 13.1 Å². The van der Waals surface area contributed by atoms with Crippen LogP contribution in [0.4, 0.5) is 0 Å². The molecule has 0 unspecified atom stereocenters. The van der Waals surface area contributed by atoms with Crippen molar-refractivity contribution in [2.45, 2.75) is 18.6 Å². The van der Waals surface area contributed by atoms with E-state index in [4.69, 9.17) is 9.47 Å². The van der Waals surface area contributed by atoms with Gasteiger partial charge < -0.3 is 14.8 Å². The van der Waals surface area contributed by atoms with Crippen molar-refractivity contribution < 1.29 is 9.47 Å². The number of nitrogens with one attached hydrogen (secondary N) is 1. The summed E-state index contributed by atoms with van der Waals surface area (Å²) in [6.07, 6.45) is 1.02. The van der Waals surface area contributed by atoms with Crippen LogP contribution in [0.3, 0.4) is 0 Å². The fourth-order valence-corrected chi connectivity index (χ4v) is 3.31. The Balaban J connectivity index is 0.00000196. The number of fused-ring (bicyclic) bond motifs is 1. The lowest BCUT2D eigenvalue weighted by Gasteiger charge is -2.22. The number of hydrogen-bond acceptors (Lipinski definition) is 3. The summed E-state index contributed by atoms with van der Waals surface area (Å²) in [6, 6.07) is 26.4. The summed E-state index contributed by atoms with van der Waals surface area (Å²) in [5.41, 5.74) is 2.63. The maximum atomic E-state index is 6.29. The van der Waals surface area contributed by atoms with Gasteiger partial charge in [-0.25, -0.2) is 0 Å². The smallest absolute Gasteiger partial charge is 0.140 e. The lowest BCUT2D eigenvalue weighted by molar-refractivity contribution is 0.172. The highest BCUT2D eigenvalue weighted by molar-refractivity contribution is 5.85. The van der Waals surface area contributed by atoms with Gasteiger partial charge in [0.05, 0.1) is 6.04 Å². The lowest BCUT2D eigenvalue weighted by atomic mass is 10.1. The quantitative estimate of drug-likeness (QED) is 0.675. The number of halogens is 1. The number of benzene rings is 3. The summed E-state index contributed by atoms with van der Waals surface area (Å²) in [5.74, 6) is 2.48. The third kappa shape index (κ3) is 3.85. The average molecular weight is 368 g/mol. The largest absolute Gasteiger partial charge is 0.484 e. The van der Waals surface area contributed by atoms with Crippen LogP contribution in [0.5, 0.6) is 17.2 Å². The Kier molecular flexibility index (Phi) is 5.82. The van der Waals surface area contributed by atoms with Gasteiger partial charge in [0.25, 0.3) is 0 Å². The molecular formula is C22H22ClNO2. The molecule has 3 aromatic carbocycles. The molecule has 0 bridgehead atoms. The molecule has 0 heterocycles. The molecule has 0 aromatic heterocycles. The number of likely N-dealkylation sites (N-methyl/N-ethyl adjacent to an activating group) is 1. The maximum absolute atomic E-state index is 6.29. The van der Waals surface area contributed by atoms with Gasteiger partial charge in [-0.2, -0.15) is 0 Å². The molecule has 2 atom stereocenters. The zero-order valence-electron chi connectivity index (χ0n) is 14.6. The van der Waals surface area contributed by atoms with Gasteiger partial charge in [-0.3, -0.25) is 0 Å². The zero-order chi connectivity index (χ0) is 17.1. The Bertz CT molecular complexity index is 836. The Labute approximate surface area is 160 Å². The first-order valence-electron chi connectivity index (χ1n) is 8.58. The van der Waals surface area contributed by atoms with Crippen LogP contribution in [0, 0.1) is 0 Å². The number of rotatable bonds is 5. The van der Waals surface area contributed by atoms with Crippen molar-refractivity contribution in [1.82, 2.24) is 5.32 Å². The zero-order valence-corrected chi connectivity index (χ0v) is 15.4. The van der Waals surface area contributed by atoms with E-state index < -0.39 is 0 Å². The fraction of sp³-hybridized carbons (Fsp3) is 0.182. The van der Waals surface area contributed by atoms with E-state index in [0.717, 1.165) is 23.7 Å². The van der Waals surface area contributed by atoms with Crippen molar-refractivity contribution in [1.29, 1.82) is 0 Å². The molecule has 0 spiro atoms. The van der Waals surface area contributed by atoms with Crippen molar-refractivity contribution in [3.8, 4) is 17.2 Å². The highest BCUT2D eigenvalue weighted by Gasteiger charge is 2.32. The molecule has 3 aromatic rings. The predicted molar refractivity (Wildman–Crippen MR) is 107 cm³/mol. The van der Waals surface area contributed by atoms with Crippen LogP contribution in [0.15, 0.2) is 78.9 Å². The fourth-order valence-electron chi connectivity index (χ4n) is 3.31. The minimum Gasteiger partial charge on any atom is -0.484 e. The summed E-state index contributed by atoms with van der Waals surface area (Å²) >= 11 is 0. The second kappa shape index (κ2) is 8.26. The van der Waals surface area contributed by atoms with E-state index in [0.29, 0.717) is 0 Å². The van der Waals surface area contributed by atoms with E-state index in [1.807, 2.05) is 61.6 Å². The molecule has 1 aliphatic rings. The summed E-state index contributed by atoms with van der Waals surface area (Å²) in [4.78, 5) is 0. The summed E-state index contributed by atoms with van der Waals surface area (Å²) in [7, 11) is 1.99. The molecule has 26 heavy (non-hydrogen) atoms. The first-order chi connectivity index (χ1) is 12.3. The summed E-state index contributed by atoms with van der Waals surface area (Å²) in [6.45, 7) is 0. The van der Waals surface area contributed by atoms with Gasteiger partial charge >= 0.3 is 0 Å². The number of hydrogen-bond donors (Lipinski definition) is 1. The van der Waals surface area contributed by atoms with Crippen LogP contribution < -0.4 is 14.8 Å². The SMILES string of the molecule is CN[C@H]1Cc2ccccc2[C@H]1Oc1ccc(Oc2ccccc2)cc1.Cl. The van der Waals surface area contributed by atoms with Gasteiger partial charge in [-0.15, -0.1) is 12.4 Å². The molecule has 1 N–H and O–H groups in total. The second-order valence-corrected chi connectivity index (χ2v) is 6.22. The predicted octanol–water partition coefficient (Wildman–Crippen LogP) is 5.16. The Hall–Kier alpha value is -2.49. The van der Waals surface area contributed by atoms with Gasteiger partial charge in [-0.1, -0.05) is 42.5 Å². The van der Waals surface area contributed by atoms with E-state index in [1.165, 1.54) is 11.1 Å². The van der Waals surface area contributed by atoms with Crippen molar-refractivity contribution >= 4 is 12.4 Å². The molecule has 4 rings (SSSR count). The maximum Gasteiger partial charge on any atom is 0.140 e. The Morgan fingerprint density at radius 1 is 0.769 bits per heavy atom. The topological polar surface area (TPSA) is 30.5 Å². The average Bonchev–Trinajstić information content (AvgIpc) is 3.02. The lowest BCUT2D eigenvalue weighted by Crippen LogP contribution is -2.32. The molecule has 4 heteroatoms. The van der Waals surface area contributed by atoms with E-state index >= 15 is 0 Å². The van der Waals surface area contributed by atoms with E-state index in [-0.39, 0.29) is 24.6 Å². The Morgan fingerprint density at radius 2 is 1.38 bits per heavy atom. The van der Waals surface area contributed by atoms with Gasteiger partial charge in [-0.05, 0) is 61.0 Å². The monoisotopic (exact) mass is 367 g/mol. The molecule has 0 amide bonds. The molecule has 0 saturated carbocycles. The minimum atomic E-state index is 0. The molecule has 0 radical (unpaired) electrons. The standard InChI is InChI=1S/C22H21NO2.ClH/c1-23-21-15-16-7-5-6-10-20(16)22(21)25-19-13-11-18(12-14-19)24-17-8-3-2-4-9-17;/h2-14,21-23H,15H2,1H3;1H/t21-,22+;/m0./s1. The highest BCUT2D eigenvalue weighted by atomic mass is 35.5. The normalized spacial score (nSPS) is 17.9. The van der Waals surface area contributed by atoms with Crippen molar-refractivity contribution in [3.63, 3.8) is 0 Å². The first-order valence-corrected chi connectivity index (χ1v) is 8.58. The first kappa shape index (κ1) is 18.3. The summed E-state index contributed by atoms with van der Waals surface area (Å²) in [5, 5.41) is 3.38. The highest BCUT2D eigenvalue weighted by Crippen LogP contribution is 2.35. The molecule has 0 saturated heterocycles.